The maximum Gasteiger partial charge on any atom is 0.338 e. The molecule has 138 valence electrons. The lowest BCUT2D eigenvalue weighted by atomic mass is 10.2. The van der Waals surface area contributed by atoms with Crippen molar-refractivity contribution < 1.29 is 17.9 Å². The second-order valence-corrected chi connectivity index (χ2v) is 10.1. The van der Waals surface area contributed by atoms with E-state index >= 15 is 0 Å². The number of nitrogens with zero attached hydrogens (tertiary/aromatic N) is 1. The Morgan fingerprint density at radius 3 is 2.20 bits per heavy atom. The van der Waals surface area contributed by atoms with E-state index < -0.39 is 20.3 Å². The van der Waals surface area contributed by atoms with Crippen LogP contribution in [0.2, 0.25) is 0 Å². The summed E-state index contributed by atoms with van der Waals surface area (Å²) in [5.41, 5.74) is 0.310. The summed E-state index contributed by atoms with van der Waals surface area (Å²) in [5, 5.41) is 0. The zero-order chi connectivity index (χ0) is 18.1. The van der Waals surface area contributed by atoms with Gasteiger partial charge in [-0.1, -0.05) is 12.8 Å². The first kappa shape index (κ1) is 19.0. The Morgan fingerprint density at radius 2 is 1.68 bits per heavy atom. The number of rotatable bonds is 5. The molecule has 1 aromatic carbocycles. The third-order valence-electron chi connectivity index (χ3n) is 4.66. The number of hydrogen-bond acceptors (Lipinski definition) is 4. The molecular formula is C17H21Cl2NO4S. The van der Waals surface area contributed by atoms with Gasteiger partial charge in [0.2, 0.25) is 10.0 Å². The fourth-order valence-corrected chi connectivity index (χ4v) is 4.92. The van der Waals surface area contributed by atoms with Crippen LogP contribution in [-0.4, -0.2) is 42.7 Å². The van der Waals surface area contributed by atoms with Crippen LogP contribution in [0.5, 0.6) is 0 Å². The molecular weight excluding hydrogens is 385 g/mol. The molecule has 1 saturated carbocycles. The Hall–Kier alpha value is -0.820. The largest absolute Gasteiger partial charge is 0.462 e. The predicted molar refractivity (Wildman–Crippen MR) is 96.5 cm³/mol. The van der Waals surface area contributed by atoms with Crippen molar-refractivity contribution in [3.63, 3.8) is 0 Å². The smallest absolute Gasteiger partial charge is 0.338 e. The van der Waals surface area contributed by atoms with Gasteiger partial charge in [0.1, 0.15) is 4.33 Å². The molecule has 0 spiro atoms. The first-order valence-electron chi connectivity index (χ1n) is 8.46. The van der Waals surface area contributed by atoms with Crippen molar-refractivity contribution >= 4 is 39.2 Å². The van der Waals surface area contributed by atoms with E-state index in [1.807, 2.05) is 0 Å². The molecule has 0 radical (unpaired) electrons. The van der Waals surface area contributed by atoms with Crippen LogP contribution < -0.4 is 0 Å². The molecule has 0 N–H and O–H groups in total. The standard InChI is InChI=1S/C17H21Cl2NO4S/c18-17(19)11-14(17)12-24-16(21)13-5-7-15(8-6-13)25(22,23)20-9-3-1-2-4-10-20/h5-8,14H,1-4,9-12H2/t14-/m1/s1. The highest BCUT2D eigenvalue weighted by atomic mass is 35.5. The van der Waals surface area contributed by atoms with Gasteiger partial charge in [-0.3, -0.25) is 0 Å². The van der Waals surface area contributed by atoms with Gasteiger partial charge in [0.25, 0.3) is 0 Å². The molecule has 1 aliphatic carbocycles. The summed E-state index contributed by atoms with van der Waals surface area (Å²) in [6.07, 6.45) is 4.49. The van der Waals surface area contributed by atoms with E-state index in [-0.39, 0.29) is 17.4 Å². The number of carbonyl (C=O) groups is 1. The second kappa shape index (κ2) is 7.43. The molecule has 1 aromatic rings. The van der Waals surface area contributed by atoms with Gasteiger partial charge in [0.15, 0.2) is 0 Å². The fourth-order valence-electron chi connectivity index (χ4n) is 2.90. The molecule has 0 bridgehead atoms. The van der Waals surface area contributed by atoms with Crippen LogP contribution in [0.1, 0.15) is 42.5 Å². The average molecular weight is 406 g/mol. The van der Waals surface area contributed by atoms with E-state index in [0.29, 0.717) is 25.1 Å². The van der Waals surface area contributed by atoms with Crippen LogP contribution in [-0.2, 0) is 14.8 Å². The lowest BCUT2D eigenvalue weighted by Crippen LogP contribution is -2.31. The first-order chi connectivity index (χ1) is 11.8. The average Bonchev–Trinajstić information content (AvgIpc) is 3.29. The fraction of sp³-hybridized carbons (Fsp3) is 0.588. The molecule has 5 nitrogen and oxygen atoms in total. The van der Waals surface area contributed by atoms with Crippen molar-refractivity contribution in [2.45, 2.75) is 41.3 Å². The molecule has 1 aliphatic heterocycles. The van der Waals surface area contributed by atoms with Crippen molar-refractivity contribution in [2.24, 2.45) is 5.92 Å². The number of sulfonamides is 1. The molecule has 3 rings (SSSR count). The van der Waals surface area contributed by atoms with E-state index in [1.54, 1.807) is 0 Å². The number of benzene rings is 1. The summed E-state index contributed by atoms with van der Waals surface area (Å²) in [6.45, 7) is 1.26. The quantitative estimate of drug-likeness (QED) is 0.554. The lowest BCUT2D eigenvalue weighted by molar-refractivity contribution is 0.0485. The van der Waals surface area contributed by atoms with Crippen LogP contribution in [0, 0.1) is 5.92 Å². The number of esters is 1. The predicted octanol–water partition coefficient (Wildman–Crippen LogP) is 3.60. The first-order valence-corrected chi connectivity index (χ1v) is 10.7. The zero-order valence-electron chi connectivity index (χ0n) is 13.8. The molecule has 8 heteroatoms. The summed E-state index contributed by atoms with van der Waals surface area (Å²) in [6, 6.07) is 5.88. The Balaban J connectivity index is 1.63. The molecule has 0 unspecified atom stereocenters. The molecule has 0 amide bonds. The normalized spacial score (nSPS) is 23.7. The zero-order valence-corrected chi connectivity index (χ0v) is 16.1. The monoisotopic (exact) mass is 405 g/mol. The van der Waals surface area contributed by atoms with Gasteiger partial charge in [-0.2, -0.15) is 4.31 Å². The molecule has 2 fully saturated rings. The van der Waals surface area contributed by atoms with Crippen LogP contribution in [0.4, 0.5) is 0 Å². The van der Waals surface area contributed by atoms with Crippen molar-refractivity contribution in [2.75, 3.05) is 19.7 Å². The van der Waals surface area contributed by atoms with E-state index in [1.165, 1.54) is 28.6 Å². The molecule has 1 saturated heterocycles. The van der Waals surface area contributed by atoms with Crippen molar-refractivity contribution in [1.29, 1.82) is 0 Å². The highest BCUT2D eigenvalue weighted by Crippen LogP contribution is 2.53. The summed E-state index contributed by atoms with van der Waals surface area (Å²) in [5.74, 6) is -0.544. The highest BCUT2D eigenvalue weighted by molar-refractivity contribution is 7.89. The minimum Gasteiger partial charge on any atom is -0.462 e. The third-order valence-corrected chi connectivity index (χ3v) is 7.50. The maximum atomic E-state index is 12.7. The second-order valence-electron chi connectivity index (χ2n) is 6.60. The summed E-state index contributed by atoms with van der Waals surface area (Å²) < 4.78 is 31.3. The van der Waals surface area contributed by atoms with Crippen LogP contribution in [0.15, 0.2) is 29.2 Å². The Morgan fingerprint density at radius 1 is 1.12 bits per heavy atom. The van der Waals surface area contributed by atoms with Crippen LogP contribution >= 0.6 is 23.2 Å². The van der Waals surface area contributed by atoms with Crippen molar-refractivity contribution in [3.8, 4) is 0 Å². The van der Waals surface area contributed by atoms with Crippen molar-refractivity contribution in [3.05, 3.63) is 29.8 Å². The Bertz CT molecular complexity index is 726. The molecule has 1 heterocycles. The van der Waals surface area contributed by atoms with E-state index in [2.05, 4.69) is 0 Å². The molecule has 0 aromatic heterocycles. The lowest BCUT2D eigenvalue weighted by Gasteiger charge is -2.20. The minimum atomic E-state index is -3.51. The molecule has 2 aliphatic rings. The van der Waals surface area contributed by atoms with Gasteiger partial charge < -0.3 is 4.74 Å². The van der Waals surface area contributed by atoms with Crippen molar-refractivity contribution in [1.82, 2.24) is 4.31 Å². The third kappa shape index (κ3) is 4.48. The number of ether oxygens (including phenoxy) is 1. The topological polar surface area (TPSA) is 63.7 Å². The van der Waals surface area contributed by atoms with E-state index in [4.69, 9.17) is 27.9 Å². The molecule has 25 heavy (non-hydrogen) atoms. The summed E-state index contributed by atoms with van der Waals surface area (Å²) in [4.78, 5) is 12.2. The van der Waals surface area contributed by atoms with Gasteiger partial charge in [-0.05, 0) is 43.5 Å². The number of hydrogen-bond donors (Lipinski definition) is 0. The van der Waals surface area contributed by atoms with Gasteiger partial charge in [0, 0.05) is 19.0 Å². The van der Waals surface area contributed by atoms with Gasteiger partial charge >= 0.3 is 5.97 Å². The van der Waals surface area contributed by atoms with Gasteiger partial charge in [0.05, 0.1) is 17.1 Å². The van der Waals surface area contributed by atoms with E-state index in [9.17, 15) is 13.2 Å². The summed E-state index contributed by atoms with van der Waals surface area (Å²) >= 11 is 11.8. The van der Waals surface area contributed by atoms with Gasteiger partial charge in [-0.15, -0.1) is 23.2 Å². The molecule has 1 atom stereocenters. The van der Waals surface area contributed by atoms with Gasteiger partial charge in [-0.25, -0.2) is 13.2 Å². The minimum absolute atomic E-state index is 0.0394. The SMILES string of the molecule is O=C(OC[C@H]1CC1(Cl)Cl)c1ccc(S(=O)(=O)N2CCCCCC2)cc1. The maximum absolute atomic E-state index is 12.7. The van der Waals surface area contributed by atoms with Crippen LogP contribution in [0.3, 0.4) is 0 Å². The Kier molecular flexibility index (Phi) is 5.63. The Labute approximate surface area is 158 Å². The highest BCUT2D eigenvalue weighted by Gasteiger charge is 2.52. The van der Waals surface area contributed by atoms with E-state index in [0.717, 1.165) is 25.7 Å². The summed E-state index contributed by atoms with van der Waals surface area (Å²) in [7, 11) is -3.51. The number of carbonyl (C=O) groups excluding carboxylic acids is 1. The number of alkyl halides is 2. The number of halogens is 2. The van der Waals surface area contributed by atoms with Crippen LogP contribution in [0.25, 0.3) is 0 Å².